The summed E-state index contributed by atoms with van der Waals surface area (Å²) in [6.45, 7) is 14.1. The van der Waals surface area contributed by atoms with Crippen molar-refractivity contribution in [1.29, 1.82) is 0 Å². The van der Waals surface area contributed by atoms with Gasteiger partial charge in [0.1, 0.15) is 5.76 Å². The van der Waals surface area contributed by atoms with Crippen LogP contribution in [0, 0.1) is 0 Å². The van der Waals surface area contributed by atoms with Gasteiger partial charge in [-0.2, -0.15) is 0 Å². The van der Waals surface area contributed by atoms with Crippen molar-refractivity contribution >= 4 is 0 Å². The second kappa shape index (κ2) is 11.2. The largest absolute Gasteiger partial charge is 0.491 e. The molecule has 0 amide bonds. The molecule has 1 atom stereocenters. The molecule has 1 unspecified atom stereocenters. The van der Waals surface area contributed by atoms with Crippen LogP contribution in [0.5, 0.6) is 0 Å². The van der Waals surface area contributed by atoms with Gasteiger partial charge in [-0.15, -0.1) is 0 Å². The molecule has 0 bridgehead atoms. The number of nitrogens with zero attached hydrogens (tertiary/aromatic N) is 1. The highest BCUT2D eigenvalue weighted by molar-refractivity contribution is 5.29. The van der Waals surface area contributed by atoms with Gasteiger partial charge in [0.2, 0.25) is 0 Å². The van der Waals surface area contributed by atoms with Crippen molar-refractivity contribution in [3.05, 3.63) is 48.9 Å². The number of rotatable bonds is 10. The molecule has 0 spiro atoms. The summed E-state index contributed by atoms with van der Waals surface area (Å²) in [5.41, 5.74) is 1.12. The lowest BCUT2D eigenvalue weighted by atomic mass is 10.1. The lowest BCUT2D eigenvalue weighted by Crippen LogP contribution is -2.32. The summed E-state index contributed by atoms with van der Waals surface area (Å²) in [5, 5.41) is 0. The second-order valence-corrected chi connectivity index (χ2v) is 6.00. The number of hydrogen-bond donors (Lipinski definition) is 0. The van der Waals surface area contributed by atoms with E-state index < -0.39 is 0 Å². The number of hydrogen-bond acceptors (Lipinski definition) is 2. The minimum atomic E-state index is 0.531. The summed E-state index contributed by atoms with van der Waals surface area (Å²) in [7, 11) is 0. The lowest BCUT2D eigenvalue weighted by Gasteiger charge is -2.31. The van der Waals surface area contributed by atoms with Crippen LogP contribution in [0.15, 0.2) is 48.9 Å². The first kappa shape index (κ1) is 18.6. The molecule has 2 heteroatoms. The zero-order valence-corrected chi connectivity index (χ0v) is 14.5. The molecule has 1 aliphatic rings. The Kier molecular flexibility index (Phi) is 9.45. The van der Waals surface area contributed by atoms with E-state index in [-0.39, 0.29) is 0 Å². The Balaban J connectivity index is 2.69. The Bertz CT molecular complexity index is 395. The van der Waals surface area contributed by atoms with Gasteiger partial charge in [-0.3, -0.25) is 0 Å². The molecule has 0 aromatic rings. The number of ether oxygens (including phenoxy) is 1. The van der Waals surface area contributed by atoms with E-state index in [0.29, 0.717) is 6.04 Å². The zero-order valence-electron chi connectivity index (χ0n) is 14.5. The highest BCUT2D eigenvalue weighted by Crippen LogP contribution is 2.24. The van der Waals surface area contributed by atoms with Gasteiger partial charge >= 0.3 is 0 Å². The van der Waals surface area contributed by atoms with Crippen LogP contribution in [0.3, 0.4) is 0 Å². The molecule has 1 heterocycles. The molecule has 2 nitrogen and oxygen atoms in total. The molecule has 0 fully saturated rings. The van der Waals surface area contributed by atoms with E-state index in [1.165, 1.54) is 38.5 Å². The third-order valence-corrected chi connectivity index (χ3v) is 4.20. The minimum absolute atomic E-state index is 0.531. The predicted octanol–water partition coefficient (Wildman–Crippen LogP) is 5.60. The Hall–Kier alpha value is -1.44. The van der Waals surface area contributed by atoms with Gasteiger partial charge in [0, 0.05) is 12.6 Å². The molecule has 1 rings (SSSR count). The van der Waals surface area contributed by atoms with Crippen molar-refractivity contribution in [1.82, 2.24) is 4.90 Å². The van der Waals surface area contributed by atoms with Gasteiger partial charge in [0.25, 0.3) is 0 Å². The molecular formula is C20H33NO. The van der Waals surface area contributed by atoms with E-state index >= 15 is 0 Å². The molecular weight excluding hydrogens is 270 g/mol. The standard InChI is InChI=1S/C20H33NO/c1-5-8-10-11-12-14-18(4)21-16-13-17-22-20(15-9-6-2)19(21)7-3/h6-7,9,15,18H,2-3,5,8,10-14,16-17H2,1,4H3/b15-9-. The Morgan fingerprint density at radius 3 is 2.68 bits per heavy atom. The molecule has 1 aliphatic heterocycles. The Labute approximate surface area is 137 Å². The molecule has 0 saturated carbocycles. The molecule has 0 N–H and O–H groups in total. The molecule has 0 radical (unpaired) electrons. The SMILES string of the molecule is C=C/C=C\C1=C(C=C)N(C(C)CCCCCCC)CCCO1. The highest BCUT2D eigenvalue weighted by atomic mass is 16.5. The maximum absolute atomic E-state index is 5.88. The van der Waals surface area contributed by atoms with Gasteiger partial charge in [-0.25, -0.2) is 0 Å². The van der Waals surface area contributed by atoms with Gasteiger partial charge < -0.3 is 9.64 Å². The molecule has 124 valence electrons. The molecule has 0 aliphatic carbocycles. The molecule has 0 aromatic heterocycles. The quantitative estimate of drug-likeness (QED) is 0.385. The first-order valence-corrected chi connectivity index (χ1v) is 8.79. The number of allylic oxidation sites excluding steroid dienone is 4. The topological polar surface area (TPSA) is 12.5 Å². The minimum Gasteiger partial charge on any atom is -0.491 e. The van der Waals surface area contributed by atoms with Crippen LogP contribution in [0.25, 0.3) is 0 Å². The first-order chi connectivity index (χ1) is 10.7. The maximum Gasteiger partial charge on any atom is 0.142 e. The zero-order chi connectivity index (χ0) is 16.2. The van der Waals surface area contributed by atoms with Crippen molar-refractivity contribution in [2.45, 2.75) is 64.8 Å². The van der Waals surface area contributed by atoms with Crippen molar-refractivity contribution < 1.29 is 4.74 Å². The normalized spacial score (nSPS) is 17.3. The summed E-state index contributed by atoms with van der Waals surface area (Å²) >= 11 is 0. The lowest BCUT2D eigenvalue weighted by molar-refractivity contribution is 0.224. The Morgan fingerprint density at radius 1 is 1.23 bits per heavy atom. The van der Waals surface area contributed by atoms with E-state index in [1.54, 1.807) is 6.08 Å². The fraction of sp³-hybridized carbons (Fsp3) is 0.600. The predicted molar refractivity (Wildman–Crippen MR) is 96.7 cm³/mol. The van der Waals surface area contributed by atoms with Crippen LogP contribution in [-0.2, 0) is 4.74 Å². The summed E-state index contributed by atoms with van der Waals surface area (Å²) < 4.78 is 5.88. The van der Waals surface area contributed by atoms with E-state index in [4.69, 9.17) is 4.74 Å². The molecule has 0 aromatic carbocycles. The molecule has 0 saturated heterocycles. The Morgan fingerprint density at radius 2 is 2.00 bits per heavy atom. The average molecular weight is 303 g/mol. The second-order valence-electron chi connectivity index (χ2n) is 6.00. The van der Waals surface area contributed by atoms with Gasteiger partial charge in [-0.05, 0) is 31.9 Å². The summed E-state index contributed by atoms with van der Waals surface area (Å²) in [5.74, 6) is 0.922. The van der Waals surface area contributed by atoms with Gasteiger partial charge in [-0.1, -0.05) is 64.3 Å². The summed E-state index contributed by atoms with van der Waals surface area (Å²) in [4.78, 5) is 2.46. The summed E-state index contributed by atoms with van der Waals surface area (Å²) in [6.07, 6.45) is 16.6. The van der Waals surface area contributed by atoms with Crippen LogP contribution >= 0.6 is 0 Å². The van der Waals surface area contributed by atoms with Gasteiger partial charge in [0.15, 0.2) is 0 Å². The summed E-state index contributed by atoms with van der Waals surface area (Å²) in [6, 6.07) is 0.531. The fourth-order valence-corrected chi connectivity index (χ4v) is 2.92. The monoisotopic (exact) mass is 303 g/mol. The van der Waals surface area contributed by atoms with E-state index in [2.05, 4.69) is 31.9 Å². The van der Waals surface area contributed by atoms with E-state index in [9.17, 15) is 0 Å². The maximum atomic E-state index is 5.88. The van der Waals surface area contributed by atoms with Gasteiger partial charge in [0.05, 0.1) is 12.3 Å². The molecule has 22 heavy (non-hydrogen) atoms. The van der Waals surface area contributed by atoms with Crippen LogP contribution in [-0.4, -0.2) is 24.1 Å². The highest BCUT2D eigenvalue weighted by Gasteiger charge is 2.20. The number of unbranched alkanes of at least 4 members (excludes halogenated alkanes) is 4. The van der Waals surface area contributed by atoms with Crippen LogP contribution < -0.4 is 0 Å². The van der Waals surface area contributed by atoms with Crippen LogP contribution in [0.1, 0.15) is 58.8 Å². The van der Waals surface area contributed by atoms with Crippen LogP contribution in [0.4, 0.5) is 0 Å². The first-order valence-electron chi connectivity index (χ1n) is 8.79. The van der Waals surface area contributed by atoms with Crippen LogP contribution in [0.2, 0.25) is 0 Å². The van der Waals surface area contributed by atoms with Crippen molar-refractivity contribution in [2.24, 2.45) is 0 Å². The van der Waals surface area contributed by atoms with Crippen molar-refractivity contribution in [2.75, 3.05) is 13.2 Å². The fourth-order valence-electron chi connectivity index (χ4n) is 2.92. The van der Waals surface area contributed by atoms with Crippen molar-refractivity contribution in [3.8, 4) is 0 Å². The third kappa shape index (κ3) is 6.13. The average Bonchev–Trinajstić information content (AvgIpc) is 2.74. The smallest absolute Gasteiger partial charge is 0.142 e. The van der Waals surface area contributed by atoms with Crippen molar-refractivity contribution in [3.63, 3.8) is 0 Å². The van der Waals surface area contributed by atoms with E-state index in [1.807, 2.05) is 18.2 Å². The third-order valence-electron chi connectivity index (χ3n) is 4.20. The van der Waals surface area contributed by atoms with E-state index in [0.717, 1.165) is 31.0 Å².